The Bertz CT molecular complexity index is 400. The largest absolute Gasteiger partial charge is 0.383 e. The van der Waals surface area contributed by atoms with E-state index in [0.717, 1.165) is 51.7 Å². The molecule has 1 unspecified atom stereocenters. The lowest BCUT2D eigenvalue weighted by Crippen LogP contribution is -2.46. The third-order valence-corrected chi connectivity index (χ3v) is 3.64. The van der Waals surface area contributed by atoms with Gasteiger partial charge in [-0.1, -0.05) is 13.0 Å². The molecule has 0 amide bonds. The molecule has 1 atom stereocenters. The molecular formula is C15H25N3O2. The Labute approximate surface area is 121 Å². The number of nitrogens with one attached hydrogen (secondary N) is 1. The number of methoxy groups -OCH3 is 1. The molecule has 2 heterocycles. The van der Waals surface area contributed by atoms with Gasteiger partial charge in [-0.15, -0.1) is 0 Å². The van der Waals surface area contributed by atoms with Crippen molar-refractivity contribution >= 4 is 5.82 Å². The Hall–Kier alpha value is -1.17. The number of ether oxygens (including phenoxy) is 2. The number of anilines is 1. The summed E-state index contributed by atoms with van der Waals surface area (Å²) in [4.78, 5) is 6.98. The van der Waals surface area contributed by atoms with Crippen molar-refractivity contribution in [2.45, 2.75) is 25.9 Å². The minimum atomic E-state index is 0.427. The van der Waals surface area contributed by atoms with E-state index in [1.807, 2.05) is 12.3 Å². The van der Waals surface area contributed by atoms with E-state index < -0.39 is 0 Å². The average molecular weight is 279 g/mol. The summed E-state index contributed by atoms with van der Waals surface area (Å²) in [6.07, 6.45) is 2.95. The van der Waals surface area contributed by atoms with Crippen LogP contribution in [0.5, 0.6) is 0 Å². The SMILES string of the molecule is CCC1COCCN1c1ncccc1CNCCOC. The lowest BCUT2D eigenvalue weighted by molar-refractivity contribution is 0.0924. The van der Waals surface area contributed by atoms with Gasteiger partial charge in [0.1, 0.15) is 5.82 Å². The third-order valence-electron chi connectivity index (χ3n) is 3.64. The van der Waals surface area contributed by atoms with Gasteiger partial charge in [-0.25, -0.2) is 4.98 Å². The molecule has 5 heteroatoms. The Morgan fingerprint density at radius 2 is 2.45 bits per heavy atom. The average Bonchev–Trinajstić information content (AvgIpc) is 2.52. The van der Waals surface area contributed by atoms with Crippen LogP contribution < -0.4 is 10.2 Å². The van der Waals surface area contributed by atoms with Crippen molar-refractivity contribution in [3.63, 3.8) is 0 Å². The van der Waals surface area contributed by atoms with Gasteiger partial charge in [0.25, 0.3) is 0 Å². The van der Waals surface area contributed by atoms with Gasteiger partial charge >= 0.3 is 0 Å². The van der Waals surface area contributed by atoms with Crippen molar-refractivity contribution in [3.8, 4) is 0 Å². The van der Waals surface area contributed by atoms with E-state index >= 15 is 0 Å². The lowest BCUT2D eigenvalue weighted by Gasteiger charge is -2.37. The van der Waals surface area contributed by atoms with Gasteiger partial charge in [-0.05, 0) is 12.5 Å². The molecule has 1 aromatic rings. The van der Waals surface area contributed by atoms with Crippen LogP contribution in [0.25, 0.3) is 0 Å². The number of hydrogen-bond acceptors (Lipinski definition) is 5. The van der Waals surface area contributed by atoms with Crippen molar-refractivity contribution in [1.29, 1.82) is 0 Å². The number of aromatic nitrogens is 1. The summed E-state index contributed by atoms with van der Waals surface area (Å²) in [5.41, 5.74) is 1.24. The van der Waals surface area contributed by atoms with Gasteiger partial charge in [0, 0.05) is 38.5 Å². The molecule has 0 radical (unpaired) electrons. The van der Waals surface area contributed by atoms with Crippen LogP contribution in [0.1, 0.15) is 18.9 Å². The van der Waals surface area contributed by atoms with E-state index in [-0.39, 0.29) is 0 Å². The van der Waals surface area contributed by atoms with Crippen LogP contribution in [0.15, 0.2) is 18.3 Å². The Balaban J connectivity index is 2.05. The summed E-state index contributed by atoms with van der Waals surface area (Å²) in [6, 6.07) is 4.57. The predicted molar refractivity (Wildman–Crippen MR) is 80.1 cm³/mol. The Morgan fingerprint density at radius 3 is 3.25 bits per heavy atom. The summed E-state index contributed by atoms with van der Waals surface area (Å²) < 4.78 is 10.6. The van der Waals surface area contributed by atoms with Crippen LogP contribution in [0, 0.1) is 0 Å². The highest BCUT2D eigenvalue weighted by atomic mass is 16.5. The number of pyridine rings is 1. The fraction of sp³-hybridized carbons (Fsp3) is 0.667. The van der Waals surface area contributed by atoms with Crippen molar-refractivity contribution in [2.24, 2.45) is 0 Å². The van der Waals surface area contributed by atoms with Gasteiger partial charge in [-0.3, -0.25) is 0 Å². The second-order valence-corrected chi connectivity index (χ2v) is 4.99. The molecule has 0 aromatic carbocycles. The second-order valence-electron chi connectivity index (χ2n) is 4.99. The van der Waals surface area contributed by atoms with Gasteiger partial charge < -0.3 is 19.7 Å². The monoisotopic (exact) mass is 279 g/mol. The summed E-state index contributed by atoms with van der Waals surface area (Å²) in [7, 11) is 1.72. The maximum Gasteiger partial charge on any atom is 0.133 e. The first-order valence-corrected chi connectivity index (χ1v) is 7.34. The lowest BCUT2D eigenvalue weighted by atomic mass is 10.1. The summed E-state index contributed by atoms with van der Waals surface area (Å²) >= 11 is 0. The highest BCUT2D eigenvalue weighted by molar-refractivity contribution is 5.48. The van der Waals surface area contributed by atoms with Crippen molar-refractivity contribution in [3.05, 3.63) is 23.9 Å². The molecule has 1 aliphatic heterocycles. The van der Waals surface area contributed by atoms with Gasteiger partial charge in [-0.2, -0.15) is 0 Å². The maximum absolute atomic E-state index is 5.58. The van der Waals surface area contributed by atoms with Crippen LogP contribution in [0.2, 0.25) is 0 Å². The third kappa shape index (κ3) is 3.91. The first-order chi connectivity index (χ1) is 9.86. The van der Waals surface area contributed by atoms with Crippen LogP contribution in [-0.2, 0) is 16.0 Å². The minimum Gasteiger partial charge on any atom is -0.383 e. The number of nitrogens with zero attached hydrogens (tertiary/aromatic N) is 2. The Morgan fingerprint density at radius 1 is 1.55 bits per heavy atom. The zero-order valence-corrected chi connectivity index (χ0v) is 12.5. The topological polar surface area (TPSA) is 46.6 Å². The highest BCUT2D eigenvalue weighted by Gasteiger charge is 2.24. The van der Waals surface area contributed by atoms with Crippen molar-refractivity contribution in [2.75, 3.05) is 44.9 Å². The van der Waals surface area contributed by atoms with E-state index in [1.165, 1.54) is 5.56 Å². The summed E-state index contributed by atoms with van der Waals surface area (Å²) in [6.45, 7) is 7.09. The van der Waals surface area contributed by atoms with Crippen LogP contribution in [0.4, 0.5) is 5.82 Å². The number of hydrogen-bond donors (Lipinski definition) is 1. The standard InChI is InChI=1S/C15H25N3O2/c1-3-14-12-20-10-8-18(14)15-13(5-4-6-17-15)11-16-7-9-19-2/h4-6,14,16H,3,7-12H2,1-2H3. The molecule has 2 rings (SSSR count). The quantitative estimate of drug-likeness (QED) is 0.765. The van der Waals surface area contributed by atoms with E-state index in [1.54, 1.807) is 7.11 Å². The minimum absolute atomic E-state index is 0.427. The van der Waals surface area contributed by atoms with E-state index in [9.17, 15) is 0 Å². The van der Waals surface area contributed by atoms with E-state index in [0.29, 0.717) is 6.04 Å². The zero-order chi connectivity index (χ0) is 14.2. The van der Waals surface area contributed by atoms with Crippen molar-refractivity contribution < 1.29 is 9.47 Å². The van der Waals surface area contributed by atoms with E-state index in [2.05, 4.69) is 28.2 Å². The highest BCUT2D eigenvalue weighted by Crippen LogP contribution is 2.23. The predicted octanol–water partition coefficient (Wildman–Crippen LogP) is 1.43. The van der Waals surface area contributed by atoms with Gasteiger partial charge in [0.2, 0.25) is 0 Å². The first-order valence-electron chi connectivity index (χ1n) is 7.34. The molecular weight excluding hydrogens is 254 g/mol. The smallest absolute Gasteiger partial charge is 0.133 e. The van der Waals surface area contributed by atoms with Crippen LogP contribution >= 0.6 is 0 Å². The second kappa shape index (κ2) is 8.19. The Kier molecular flexibility index (Phi) is 6.24. The molecule has 0 bridgehead atoms. The molecule has 1 N–H and O–H groups in total. The fourth-order valence-electron chi connectivity index (χ4n) is 2.50. The molecule has 1 aromatic heterocycles. The molecule has 1 saturated heterocycles. The molecule has 0 aliphatic carbocycles. The fourth-order valence-corrected chi connectivity index (χ4v) is 2.50. The maximum atomic E-state index is 5.58. The van der Waals surface area contributed by atoms with Crippen LogP contribution in [-0.4, -0.2) is 51.0 Å². The molecule has 1 fully saturated rings. The van der Waals surface area contributed by atoms with Crippen molar-refractivity contribution in [1.82, 2.24) is 10.3 Å². The first kappa shape index (κ1) is 15.2. The molecule has 1 aliphatic rings. The van der Waals surface area contributed by atoms with Gasteiger partial charge in [0.05, 0.1) is 25.9 Å². The molecule has 5 nitrogen and oxygen atoms in total. The number of morpholine rings is 1. The molecule has 0 saturated carbocycles. The molecule has 0 spiro atoms. The molecule has 112 valence electrons. The van der Waals surface area contributed by atoms with Gasteiger partial charge in [0.15, 0.2) is 0 Å². The van der Waals surface area contributed by atoms with E-state index in [4.69, 9.17) is 9.47 Å². The van der Waals surface area contributed by atoms with Crippen LogP contribution in [0.3, 0.4) is 0 Å². The normalized spacial score (nSPS) is 19.3. The zero-order valence-electron chi connectivity index (χ0n) is 12.5. The summed E-state index contributed by atoms with van der Waals surface area (Å²) in [5, 5.41) is 3.39. The number of rotatable bonds is 7. The summed E-state index contributed by atoms with van der Waals surface area (Å²) in [5.74, 6) is 1.09. The molecule has 20 heavy (non-hydrogen) atoms.